The quantitative estimate of drug-likeness (QED) is 0.443. The van der Waals surface area contributed by atoms with Crippen LogP contribution >= 0.6 is 23.2 Å². The smallest absolute Gasteiger partial charge is 0.244 e. The van der Waals surface area contributed by atoms with Crippen LogP contribution in [0.1, 0.15) is 44.7 Å². The van der Waals surface area contributed by atoms with E-state index in [1.54, 1.807) is 49.4 Å². The third-order valence-corrected chi connectivity index (χ3v) is 7.47. The number of hydrogen-bond acceptors (Lipinski definition) is 4. The Balaban J connectivity index is 2.46. The summed E-state index contributed by atoms with van der Waals surface area (Å²) in [6.45, 7) is 7.09. The number of carbonyl (C=O) groups is 2. The van der Waals surface area contributed by atoms with Crippen molar-refractivity contribution in [3.63, 3.8) is 0 Å². The molecule has 0 saturated heterocycles. The minimum atomic E-state index is -3.78. The van der Waals surface area contributed by atoms with Gasteiger partial charge in [-0.3, -0.25) is 13.9 Å². The van der Waals surface area contributed by atoms with Crippen LogP contribution < -0.4 is 9.62 Å². The number of hydrogen-bond donors (Lipinski definition) is 1. The number of rotatable bonds is 11. The lowest BCUT2D eigenvalue weighted by Gasteiger charge is -2.33. The molecule has 1 N–H and O–H groups in total. The van der Waals surface area contributed by atoms with Gasteiger partial charge in [-0.1, -0.05) is 60.8 Å². The topological polar surface area (TPSA) is 86.8 Å². The molecule has 0 spiro atoms. The minimum Gasteiger partial charge on any atom is -0.352 e. The van der Waals surface area contributed by atoms with Crippen LogP contribution in [-0.2, 0) is 26.2 Å². The molecule has 0 bridgehead atoms. The van der Waals surface area contributed by atoms with Crippen molar-refractivity contribution in [1.29, 1.82) is 0 Å². The maximum Gasteiger partial charge on any atom is 0.244 e. The Labute approximate surface area is 218 Å². The Hall–Kier alpha value is -2.29. The minimum absolute atomic E-state index is 0.0206. The van der Waals surface area contributed by atoms with Gasteiger partial charge in [0.05, 0.1) is 11.9 Å². The van der Waals surface area contributed by atoms with Gasteiger partial charge in [-0.25, -0.2) is 8.42 Å². The summed E-state index contributed by atoms with van der Waals surface area (Å²) in [5.74, 6) is -0.824. The maximum absolute atomic E-state index is 13.7. The predicted octanol–water partition coefficient (Wildman–Crippen LogP) is 4.79. The fourth-order valence-corrected chi connectivity index (χ4v) is 4.84. The van der Waals surface area contributed by atoms with Crippen LogP contribution in [0.2, 0.25) is 10.0 Å². The van der Waals surface area contributed by atoms with Crippen LogP contribution in [0.3, 0.4) is 0 Å². The number of halogens is 2. The molecule has 0 aliphatic rings. The average molecular weight is 543 g/mol. The van der Waals surface area contributed by atoms with Gasteiger partial charge in [-0.15, -0.1) is 0 Å². The van der Waals surface area contributed by atoms with Crippen molar-refractivity contribution in [3.05, 3.63) is 63.6 Å². The molecule has 2 amide bonds. The first-order valence-electron chi connectivity index (χ1n) is 11.5. The molecule has 0 aromatic heterocycles. The maximum atomic E-state index is 13.7. The molecule has 0 radical (unpaired) electrons. The highest BCUT2D eigenvalue weighted by Crippen LogP contribution is 2.25. The fourth-order valence-electron chi connectivity index (χ4n) is 3.52. The van der Waals surface area contributed by atoms with Gasteiger partial charge in [0.15, 0.2) is 0 Å². The Morgan fingerprint density at radius 3 is 2.17 bits per heavy atom. The number of sulfonamides is 1. The molecule has 0 aliphatic carbocycles. The molecular weight excluding hydrogens is 509 g/mol. The summed E-state index contributed by atoms with van der Waals surface area (Å²) in [6.07, 6.45) is 2.12. The highest BCUT2D eigenvalue weighted by molar-refractivity contribution is 7.92. The summed E-state index contributed by atoms with van der Waals surface area (Å²) < 4.78 is 26.3. The summed E-state index contributed by atoms with van der Waals surface area (Å²) in [5.41, 5.74) is 1.92. The second-order valence-corrected chi connectivity index (χ2v) is 11.4. The van der Waals surface area contributed by atoms with Gasteiger partial charge >= 0.3 is 0 Å². The van der Waals surface area contributed by atoms with E-state index in [4.69, 9.17) is 23.2 Å². The van der Waals surface area contributed by atoms with E-state index in [0.29, 0.717) is 27.7 Å². The zero-order valence-electron chi connectivity index (χ0n) is 20.7. The number of aryl methyl sites for hydroxylation is 1. The Morgan fingerprint density at radius 2 is 1.66 bits per heavy atom. The molecule has 2 rings (SSSR count). The summed E-state index contributed by atoms with van der Waals surface area (Å²) in [4.78, 5) is 28.2. The van der Waals surface area contributed by atoms with Crippen molar-refractivity contribution in [2.24, 2.45) is 0 Å². The highest BCUT2D eigenvalue weighted by atomic mass is 35.5. The molecule has 2 aromatic carbocycles. The first-order chi connectivity index (χ1) is 16.4. The van der Waals surface area contributed by atoms with E-state index in [1.165, 1.54) is 4.90 Å². The van der Waals surface area contributed by atoms with E-state index in [1.807, 2.05) is 20.8 Å². The van der Waals surface area contributed by atoms with Crippen LogP contribution in [0.15, 0.2) is 42.5 Å². The number of nitrogens with zero attached hydrogens (tertiary/aromatic N) is 2. The molecule has 2 atom stereocenters. The SMILES string of the molecule is CCC(C)NC(=O)C(CC)N(Cc1ccc(Cl)cc1Cl)C(=O)CN(c1ccc(C)cc1)S(C)(=O)=O. The Bertz CT molecular complexity index is 1140. The normalized spacial score (nSPS) is 13.1. The van der Waals surface area contributed by atoms with Gasteiger partial charge in [0.25, 0.3) is 0 Å². The lowest BCUT2D eigenvalue weighted by molar-refractivity contribution is -0.140. The molecule has 2 unspecified atom stereocenters. The Kier molecular flexibility index (Phi) is 10.4. The molecule has 2 aromatic rings. The van der Waals surface area contributed by atoms with Crippen molar-refractivity contribution in [2.45, 2.75) is 59.2 Å². The second kappa shape index (κ2) is 12.6. The number of amides is 2. The number of nitrogens with one attached hydrogen (secondary N) is 1. The monoisotopic (exact) mass is 541 g/mol. The molecule has 192 valence electrons. The van der Waals surface area contributed by atoms with Crippen LogP contribution in [-0.4, -0.2) is 50.0 Å². The number of benzene rings is 2. The largest absolute Gasteiger partial charge is 0.352 e. The zero-order valence-corrected chi connectivity index (χ0v) is 23.0. The van der Waals surface area contributed by atoms with Crippen LogP contribution in [0.5, 0.6) is 0 Å². The van der Waals surface area contributed by atoms with Crippen molar-refractivity contribution < 1.29 is 18.0 Å². The first kappa shape index (κ1) is 28.9. The van der Waals surface area contributed by atoms with Crippen molar-refractivity contribution in [2.75, 3.05) is 17.1 Å². The van der Waals surface area contributed by atoms with E-state index in [-0.39, 0.29) is 18.5 Å². The number of carbonyl (C=O) groups excluding carboxylic acids is 2. The zero-order chi connectivity index (χ0) is 26.3. The van der Waals surface area contributed by atoms with Gasteiger partial charge in [0.1, 0.15) is 12.6 Å². The summed E-state index contributed by atoms with van der Waals surface area (Å²) in [5, 5.41) is 3.73. The molecule has 0 aliphatic heterocycles. The lowest BCUT2D eigenvalue weighted by Crippen LogP contribution is -2.53. The van der Waals surface area contributed by atoms with E-state index >= 15 is 0 Å². The van der Waals surface area contributed by atoms with Gasteiger partial charge < -0.3 is 10.2 Å². The lowest BCUT2D eigenvalue weighted by atomic mass is 10.1. The summed E-state index contributed by atoms with van der Waals surface area (Å²) in [7, 11) is -3.78. The van der Waals surface area contributed by atoms with E-state index < -0.39 is 28.5 Å². The van der Waals surface area contributed by atoms with E-state index in [0.717, 1.165) is 22.5 Å². The molecule has 10 heteroatoms. The molecule has 0 fully saturated rings. The van der Waals surface area contributed by atoms with Crippen LogP contribution in [0, 0.1) is 6.92 Å². The van der Waals surface area contributed by atoms with Crippen molar-refractivity contribution in [3.8, 4) is 0 Å². The molecule has 7 nitrogen and oxygen atoms in total. The first-order valence-corrected chi connectivity index (χ1v) is 14.1. The number of anilines is 1. The predicted molar refractivity (Wildman–Crippen MR) is 142 cm³/mol. The third kappa shape index (κ3) is 8.12. The Morgan fingerprint density at radius 1 is 1.03 bits per heavy atom. The average Bonchev–Trinajstić information content (AvgIpc) is 2.78. The molecule has 0 heterocycles. The van der Waals surface area contributed by atoms with Crippen LogP contribution in [0.25, 0.3) is 0 Å². The third-order valence-electron chi connectivity index (χ3n) is 5.74. The summed E-state index contributed by atoms with van der Waals surface area (Å²) >= 11 is 12.4. The van der Waals surface area contributed by atoms with Gasteiger partial charge in [-0.2, -0.15) is 0 Å². The fraction of sp³-hybridized carbons (Fsp3) is 0.440. The second-order valence-electron chi connectivity index (χ2n) is 8.60. The van der Waals surface area contributed by atoms with Crippen LogP contribution in [0.4, 0.5) is 5.69 Å². The molecular formula is C25H33Cl2N3O4S. The van der Waals surface area contributed by atoms with Crippen molar-refractivity contribution >= 4 is 50.7 Å². The molecule has 35 heavy (non-hydrogen) atoms. The standard InChI is InChI=1S/C25H33Cl2N3O4S/c1-6-18(4)28-25(32)23(7-2)29(15-19-10-11-20(26)14-22(19)27)24(31)16-30(35(5,33)34)21-12-8-17(3)9-13-21/h8-14,18,23H,6-7,15-16H2,1-5H3,(H,28,32). The van der Waals surface area contributed by atoms with Gasteiger partial charge in [0.2, 0.25) is 21.8 Å². The van der Waals surface area contributed by atoms with Gasteiger partial charge in [0, 0.05) is 22.6 Å². The summed E-state index contributed by atoms with van der Waals surface area (Å²) in [6, 6.07) is 10.9. The molecule has 0 saturated carbocycles. The van der Waals surface area contributed by atoms with E-state index in [9.17, 15) is 18.0 Å². The van der Waals surface area contributed by atoms with Crippen molar-refractivity contribution in [1.82, 2.24) is 10.2 Å². The van der Waals surface area contributed by atoms with Gasteiger partial charge in [-0.05, 0) is 56.5 Å². The van der Waals surface area contributed by atoms with E-state index in [2.05, 4.69) is 5.32 Å². The highest BCUT2D eigenvalue weighted by Gasteiger charge is 2.32.